The van der Waals surface area contributed by atoms with Crippen molar-refractivity contribution in [1.29, 1.82) is 0 Å². The first-order chi connectivity index (χ1) is 9.78. The van der Waals surface area contributed by atoms with Gasteiger partial charge in [-0.1, -0.05) is 29.8 Å². The number of carbonyl (C=O) groups is 1. The highest BCUT2D eigenvalue weighted by Crippen LogP contribution is 2.27. The Hall–Kier alpha value is -1.40. The van der Waals surface area contributed by atoms with Gasteiger partial charge in [0.15, 0.2) is 9.84 Å². The van der Waals surface area contributed by atoms with E-state index in [2.05, 4.69) is 6.07 Å². The normalized spacial score (nSPS) is 23.6. The molecule has 116 valence electrons. The lowest BCUT2D eigenvalue weighted by Crippen LogP contribution is -2.50. The summed E-state index contributed by atoms with van der Waals surface area (Å²) in [5.74, 6) is -0.937. The molecule has 2 rings (SSSR count). The molecule has 5 nitrogen and oxygen atoms in total. The van der Waals surface area contributed by atoms with Crippen LogP contribution in [0, 0.1) is 6.92 Å². The Bertz CT molecular complexity index is 626. The number of carboxylic acid groups (broad SMARTS) is 1. The van der Waals surface area contributed by atoms with E-state index in [1.807, 2.05) is 36.9 Å². The van der Waals surface area contributed by atoms with E-state index in [9.17, 15) is 13.2 Å². The molecule has 1 aliphatic rings. The summed E-state index contributed by atoms with van der Waals surface area (Å²) >= 11 is 0. The monoisotopic (exact) mass is 311 g/mol. The standard InChI is InChI=1S/C15H21NO4S/c1-11-4-3-5-13(8-11)12(2)16-6-7-21(19,20)10-14(16)9-15(17)18/h3-5,8,12,14H,6-7,9-10H2,1-2H3,(H,17,18). The average Bonchev–Trinajstić information content (AvgIpc) is 2.36. The molecule has 0 radical (unpaired) electrons. The summed E-state index contributed by atoms with van der Waals surface area (Å²) in [6.45, 7) is 4.39. The third-order valence-electron chi connectivity index (χ3n) is 4.01. The van der Waals surface area contributed by atoms with Crippen molar-refractivity contribution in [3.05, 3.63) is 35.4 Å². The summed E-state index contributed by atoms with van der Waals surface area (Å²) < 4.78 is 23.6. The summed E-state index contributed by atoms with van der Waals surface area (Å²) in [7, 11) is -3.14. The molecule has 1 aliphatic heterocycles. The van der Waals surface area contributed by atoms with E-state index in [1.165, 1.54) is 0 Å². The number of rotatable bonds is 4. The van der Waals surface area contributed by atoms with E-state index in [1.54, 1.807) is 0 Å². The minimum Gasteiger partial charge on any atom is -0.481 e. The molecule has 1 saturated heterocycles. The van der Waals surface area contributed by atoms with Crippen LogP contribution in [0.5, 0.6) is 0 Å². The molecule has 1 fully saturated rings. The molecular weight excluding hydrogens is 290 g/mol. The van der Waals surface area contributed by atoms with Crippen molar-refractivity contribution in [1.82, 2.24) is 4.90 Å². The SMILES string of the molecule is Cc1cccc(C(C)N2CCS(=O)(=O)CC2CC(=O)O)c1. The molecule has 2 unspecified atom stereocenters. The summed E-state index contributed by atoms with van der Waals surface area (Å²) in [5.41, 5.74) is 2.23. The molecule has 0 spiro atoms. The fourth-order valence-corrected chi connectivity index (χ4v) is 4.46. The van der Waals surface area contributed by atoms with E-state index in [4.69, 9.17) is 5.11 Å². The maximum Gasteiger partial charge on any atom is 0.304 e. The van der Waals surface area contributed by atoms with Crippen molar-refractivity contribution in [2.45, 2.75) is 32.4 Å². The molecule has 0 aromatic heterocycles. The predicted octanol–water partition coefficient (Wildman–Crippen LogP) is 1.63. The largest absolute Gasteiger partial charge is 0.481 e. The topological polar surface area (TPSA) is 74.7 Å². The first kappa shape index (κ1) is 16.0. The lowest BCUT2D eigenvalue weighted by atomic mass is 10.0. The molecule has 1 N–H and O–H groups in total. The highest BCUT2D eigenvalue weighted by atomic mass is 32.2. The predicted molar refractivity (Wildman–Crippen MR) is 81.0 cm³/mol. The van der Waals surface area contributed by atoms with E-state index in [0.717, 1.165) is 11.1 Å². The number of nitrogens with zero attached hydrogens (tertiary/aromatic N) is 1. The maximum atomic E-state index is 11.8. The number of hydrogen-bond donors (Lipinski definition) is 1. The number of aryl methyl sites for hydroxylation is 1. The molecule has 1 aromatic rings. The Balaban J connectivity index is 2.24. The van der Waals surface area contributed by atoms with E-state index < -0.39 is 21.8 Å². The van der Waals surface area contributed by atoms with Crippen LogP contribution in [0.2, 0.25) is 0 Å². The lowest BCUT2D eigenvalue weighted by molar-refractivity contribution is -0.138. The molecular formula is C15H21NO4S. The van der Waals surface area contributed by atoms with Gasteiger partial charge in [-0.05, 0) is 19.4 Å². The number of carboxylic acids is 1. The van der Waals surface area contributed by atoms with Crippen LogP contribution in [0.15, 0.2) is 24.3 Å². The van der Waals surface area contributed by atoms with Crippen LogP contribution >= 0.6 is 0 Å². The molecule has 0 amide bonds. The highest BCUT2D eigenvalue weighted by Gasteiger charge is 2.35. The fourth-order valence-electron chi connectivity index (χ4n) is 2.91. The summed E-state index contributed by atoms with van der Waals surface area (Å²) in [5, 5.41) is 9.03. The van der Waals surface area contributed by atoms with Gasteiger partial charge in [-0.3, -0.25) is 9.69 Å². The van der Waals surface area contributed by atoms with Gasteiger partial charge in [0.2, 0.25) is 0 Å². The zero-order valence-corrected chi connectivity index (χ0v) is 13.1. The van der Waals surface area contributed by atoms with Gasteiger partial charge >= 0.3 is 5.97 Å². The lowest BCUT2D eigenvalue weighted by Gasteiger charge is -2.39. The molecule has 0 bridgehead atoms. The van der Waals surface area contributed by atoms with Crippen LogP contribution in [0.25, 0.3) is 0 Å². The number of sulfone groups is 1. The highest BCUT2D eigenvalue weighted by molar-refractivity contribution is 7.91. The Morgan fingerprint density at radius 3 is 2.81 bits per heavy atom. The fraction of sp³-hybridized carbons (Fsp3) is 0.533. The zero-order valence-electron chi connectivity index (χ0n) is 12.3. The minimum atomic E-state index is -3.14. The summed E-state index contributed by atoms with van der Waals surface area (Å²) in [6, 6.07) is 7.57. The Kier molecular flexibility index (Phi) is 4.68. The Morgan fingerprint density at radius 2 is 2.19 bits per heavy atom. The van der Waals surface area contributed by atoms with Crippen LogP contribution in [0.4, 0.5) is 0 Å². The number of aliphatic carboxylic acids is 1. The van der Waals surface area contributed by atoms with Crippen molar-refractivity contribution in [3.8, 4) is 0 Å². The van der Waals surface area contributed by atoms with Gasteiger partial charge in [0, 0.05) is 18.6 Å². The van der Waals surface area contributed by atoms with Crippen LogP contribution in [0.3, 0.4) is 0 Å². The smallest absolute Gasteiger partial charge is 0.304 e. The second kappa shape index (κ2) is 6.15. The first-order valence-corrected chi connectivity index (χ1v) is 8.85. The second-order valence-corrected chi connectivity index (χ2v) is 7.92. The quantitative estimate of drug-likeness (QED) is 0.915. The minimum absolute atomic E-state index is 0.00440. The molecule has 21 heavy (non-hydrogen) atoms. The third kappa shape index (κ3) is 4.04. The van der Waals surface area contributed by atoms with Crippen molar-refractivity contribution < 1.29 is 18.3 Å². The first-order valence-electron chi connectivity index (χ1n) is 7.03. The van der Waals surface area contributed by atoms with Gasteiger partial charge in [-0.15, -0.1) is 0 Å². The summed E-state index contributed by atoms with van der Waals surface area (Å²) in [4.78, 5) is 13.0. The summed E-state index contributed by atoms with van der Waals surface area (Å²) in [6.07, 6.45) is -0.143. The zero-order chi connectivity index (χ0) is 15.6. The van der Waals surface area contributed by atoms with E-state index in [-0.39, 0.29) is 24.0 Å². The van der Waals surface area contributed by atoms with Crippen LogP contribution in [-0.4, -0.2) is 48.5 Å². The van der Waals surface area contributed by atoms with Crippen molar-refractivity contribution in [2.75, 3.05) is 18.1 Å². The number of benzene rings is 1. The second-order valence-electron chi connectivity index (χ2n) is 5.69. The average molecular weight is 311 g/mol. The van der Waals surface area contributed by atoms with Crippen molar-refractivity contribution in [2.24, 2.45) is 0 Å². The molecule has 1 aromatic carbocycles. The molecule has 6 heteroatoms. The van der Waals surface area contributed by atoms with E-state index >= 15 is 0 Å². The molecule has 0 aliphatic carbocycles. The Morgan fingerprint density at radius 1 is 1.48 bits per heavy atom. The van der Waals surface area contributed by atoms with Gasteiger partial charge in [-0.2, -0.15) is 0 Å². The van der Waals surface area contributed by atoms with Gasteiger partial charge in [0.1, 0.15) is 0 Å². The van der Waals surface area contributed by atoms with E-state index in [0.29, 0.717) is 6.54 Å². The van der Waals surface area contributed by atoms with Crippen LogP contribution < -0.4 is 0 Å². The third-order valence-corrected chi connectivity index (χ3v) is 5.71. The van der Waals surface area contributed by atoms with Crippen LogP contribution in [-0.2, 0) is 14.6 Å². The molecule has 2 atom stereocenters. The Labute approximate surface area is 125 Å². The maximum absolute atomic E-state index is 11.8. The molecule has 1 heterocycles. The van der Waals surface area contributed by atoms with Crippen molar-refractivity contribution >= 4 is 15.8 Å². The van der Waals surface area contributed by atoms with Gasteiger partial charge in [0.25, 0.3) is 0 Å². The van der Waals surface area contributed by atoms with Gasteiger partial charge in [-0.25, -0.2) is 8.42 Å². The van der Waals surface area contributed by atoms with Gasteiger partial charge < -0.3 is 5.11 Å². The number of hydrogen-bond acceptors (Lipinski definition) is 4. The van der Waals surface area contributed by atoms with Crippen LogP contribution in [0.1, 0.15) is 30.5 Å². The van der Waals surface area contributed by atoms with Crippen molar-refractivity contribution in [3.63, 3.8) is 0 Å². The molecule has 0 saturated carbocycles. The van der Waals surface area contributed by atoms with Gasteiger partial charge in [0.05, 0.1) is 17.9 Å².